The number of carbonyl (C=O) groups is 1. The number of pyridine rings is 1. The largest absolute Gasteiger partial charge is 0.380 e. The highest BCUT2D eigenvalue weighted by Gasteiger charge is 2.27. The SMILES string of the molecule is CC(=O)c1cnc2[nH]ccc2c1NC1CN(Cc2ccccc2)CCC1C. The maximum Gasteiger partial charge on any atom is 0.163 e. The molecule has 2 N–H and O–H groups in total. The Kier molecular flexibility index (Phi) is 4.94. The molecule has 27 heavy (non-hydrogen) atoms. The van der Waals surface area contributed by atoms with Gasteiger partial charge in [-0.05, 0) is 37.4 Å². The summed E-state index contributed by atoms with van der Waals surface area (Å²) in [5.41, 5.74) is 3.72. The van der Waals surface area contributed by atoms with E-state index in [2.05, 4.69) is 57.4 Å². The van der Waals surface area contributed by atoms with Gasteiger partial charge >= 0.3 is 0 Å². The molecule has 4 rings (SSSR count). The quantitative estimate of drug-likeness (QED) is 0.671. The highest BCUT2D eigenvalue weighted by molar-refractivity contribution is 6.06. The van der Waals surface area contributed by atoms with Crippen molar-refractivity contribution in [2.45, 2.75) is 32.9 Å². The van der Waals surface area contributed by atoms with Crippen LogP contribution in [0.2, 0.25) is 0 Å². The van der Waals surface area contributed by atoms with E-state index < -0.39 is 0 Å². The first-order valence-electron chi connectivity index (χ1n) is 9.61. The third kappa shape index (κ3) is 3.74. The van der Waals surface area contributed by atoms with Crippen LogP contribution in [-0.2, 0) is 6.54 Å². The van der Waals surface area contributed by atoms with Gasteiger partial charge in [0.15, 0.2) is 5.78 Å². The van der Waals surface area contributed by atoms with Gasteiger partial charge in [0.1, 0.15) is 5.65 Å². The van der Waals surface area contributed by atoms with Gasteiger partial charge in [-0.15, -0.1) is 0 Å². The summed E-state index contributed by atoms with van der Waals surface area (Å²) < 4.78 is 0. The zero-order valence-electron chi connectivity index (χ0n) is 15.9. The fourth-order valence-corrected chi connectivity index (χ4v) is 3.93. The Morgan fingerprint density at radius 2 is 2.11 bits per heavy atom. The number of fused-ring (bicyclic) bond motifs is 1. The molecule has 0 aliphatic carbocycles. The fraction of sp³-hybridized carbons (Fsp3) is 0.364. The lowest BCUT2D eigenvalue weighted by Crippen LogP contribution is -2.46. The molecule has 1 aliphatic heterocycles. The molecule has 1 saturated heterocycles. The van der Waals surface area contributed by atoms with Gasteiger partial charge in [-0.1, -0.05) is 37.3 Å². The number of Topliss-reactive ketones (excluding diaryl/α,β-unsaturated/α-hetero) is 1. The lowest BCUT2D eigenvalue weighted by Gasteiger charge is -2.38. The number of H-pyrrole nitrogens is 1. The number of rotatable bonds is 5. The number of hydrogen-bond acceptors (Lipinski definition) is 4. The molecule has 2 aromatic heterocycles. The van der Waals surface area contributed by atoms with Crippen LogP contribution in [0.5, 0.6) is 0 Å². The van der Waals surface area contributed by atoms with Gasteiger partial charge in [0.2, 0.25) is 0 Å². The maximum absolute atomic E-state index is 12.2. The minimum atomic E-state index is 0.0395. The van der Waals surface area contributed by atoms with Crippen molar-refractivity contribution in [3.05, 3.63) is 59.9 Å². The molecule has 5 heteroatoms. The number of piperidine rings is 1. The molecule has 0 saturated carbocycles. The lowest BCUT2D eigenvalue weighted by atomic mass is 9.92. The second-order valence-electron chi connectivity index (χ2n) is 7.58. The van der Waals surface area contributed by atoms with Gasteiger partial charge in [0, 0.05) is 36.9 Å². The number of aromatic amines is 1. The molecule has 0 amide bonds. The molecule has 3 heterocycles. The van der Waals surface area contributed by atoms with Gasteiger partial charge in [-0.3, -0.25) is 9.69 Å². The number of aromatic nitrogens is 2. The predicted molar refractivity (Wildman–Crippen MR) is 109 cm³/mol. The number of hydrogen-bond donors (Lipinski definition) is 2. The van der Waals surface area contributed by atoms with Crippen LogP contribution < -0.4 is 5.32 Å². The molecule has 0 radical (unpaired) electrons. The van der Waals surface area contributed by atoms with Crippen molar-refractivity contribution in [2.24, 2.45) is 5.92 Å². The molecular weight excluding hydrogens is 336 g/mol. The van der Waals surface area contributed by atoms with Crippen LogP contribution in [0.25, 0.3) is 11.0 Å². The molecule has 2 unspecified atom stereocenters. The van der Waals surface area contributed by atoms with E-state index in [1.54, 1.807) is 13.1 Å². The number of benzene rings is 1. The molecule has 2 atom stereocenters. The summed E-state index contributed by atoms with van der Waals surface area (Å²) in [4.78, 5) is 22.2. The third-order valence-corrected chi connectivity index (χ3v) is 5.59. The number of carbonyl (C=O) groups excluding carboxylic acids is 1. The van der Waals surface area contributed by atoms with Crippen LogP contribution in [0.15, 0.2) is 48.8 Å². The standard InChI is InChI=1S/C22H26N4O/c1-15-9-11-26(13-17-6-4-3-5-7-17)14-20(15)25-21-18-8-10-23-22(18)24-12-19(21)16(2)27/h3-8,10,12,15,20H,9,11,13-14H2,1-2H3,(H2,23,24,25). The van der Waals surface area contributed by atoms with Gasteiger partial charge in [-0.25, -0.2) is 4.98 Å². The summed E-state index contributed by atoms with van der Waals surface area (Å²) in [5, 5.41) is 4.68. The number of nitrogens with zero attached hydrogens (tertiary/aromatic N) is 2. The van der Waals surface area contributed by atoms with Crippen LogP contribution in [-0.4, -0.2) is 39.8 Å². The van der Waals surface area contributed by atoms with Crippen LogP contribution in [0.1, 0.15) is 36.2 Å². The van der Waals surface area contributed by atoms with E-state index in [-0.39, 0.29) is 5.78 Å². The van der Waals surface area contributed by atoms with Gasteiger partial charge in [-0.2, -0.15) is 0 Å². The fourth-order valence-electron chi connectivity index (χ4n) is 3.93. The van der Waals surface area contributed by atoms with Crippen molar-refractivity contribution in [1.29, 1.82) is 0 Å². The Hall–Kier alpha value is -2.66. The Labute approximate surface area is 159 Å². The average Bonchev–Trinajstić information content (AvgIpc) is 3.14. The molecule has 3 aromatic rings. The summed E-state index contributed by atoms with van der Waals surface area (Å²) in [6, 6.07) is 12.9. The van der Waals surface area contributed by atoms with Gasteiger partial charge in [0.05, 0.1) is 11.3 Å². The van der Waals surface area contributed by atoms with Crippen molar-refractivity contribution in [3.8, 4) is 0 Å². The summed E-state index contributed by atoms with van der Waals surface area (Å²) in [7, 11) is 0. The smallest absolute Gasteiger partial charge is 0.163 e. The number of ketones is 1. The molecule has 1 aromatic carbocycles. The van der Waals surface area contributed by atoms with Crippen molar-refractivity contribution in [2.75, 3.05) is 18.4 Å². The molecule has 1 fully saturated rings. The Morgan fingerprint density at radius 1 is 1.30 bits per heavy atom. The first-order valence-corrected chi connectivity index (χ1v) is 9.61. The summed E-state index contributed by atoms with van der Waals surface area (Å²) in [5.74, 6) is 0.580. The van der Waals surface area contributed by atoms with E-state index in [4.69, 9.17) is 0 Å². The zero-order valence-corrected chi connectivity index (χ0v) is 15.9. The van der Waals surface area contributed by atoms with Gasteiger partial charge in [0.25, 0.3) is 0 Å². The summed E-state index contributed by atoms with van der Waals surface area (Å²) in [6.07, 6.45) is 4.69. The van der Waals surface area contributed by atoms with Crippen molar-refractivity contribution in [3.63, 3.8) is 0 Å². The predicted octanol–water partition coefficient (Wildman–Crippen LogP) is 4.09. The van der Waals surface area contributed by atoms with Crippen molar-refractivity contribution in [1.82, 2.24) is 14.9 Å². The number of anilines is 1. The molecule has 1 aliphatic rings. The highest BCUT2D eigenvalue weighted by atomic mass is 16.1. The topological polar surface area (TPSA) is 61.0 Å². The lowest BCUT2D eigenvalue weighted by molar-refractivity contribution is 0.101. The molecule has 0 bridgehead atoms. The molecule has 140 valence electrons. The minimum absolute atomic E-state index is 0.0395. The molecule has 5 nitrogen and oxygen atoms in total. The molecule has 0 spiro atoms. The van der Waals surface area contributed by atoms with Crippen LogP contribution >= 0.6 is 0 Å². The summed E-state index contributed by atoms with van der Waals surface area (Å²) in [6.45, 7) is 6.92. The van der Waals surface area contributed by atoms with E-state index in [1.807, 2.05) is 12.3 Å². The first kappa shape index (κ1) is 17.7. The monoisotopic (exact) mass is 362 g/mol. The minimum Gasteiger partial charge on any atom is -0.380 e. The normalized spacial score (nSPS) is 20.7. The second-order valence-corrected chi connectivity index (χ2v) is 7.58. The van der Waals surface area contributed by atoms with E-state index in [0.717, 1.165) is 42.8 Å². The van der Waals surface area contributed by atoms with Crippen LogP contribution in [0, 0.1) is 5.92 Å². The van der Waals surface area contributed by atoms with E-state index in [0.29, 0.717) is 17.5 Å². The van der Waals surface area contributed by atoms with Gasteiger partial charge < -0.3 is 10.3 Å². The Bertz CT molecular complexity index is 934. The number of likely N-dealkylation sites (tertiary alicyclic amines) is 1. The van der Waals surface area contributed by atoms with E-state index in [9.17, 15) is 4.79 Å². The number of nitrogens with one attached hydrogen (secondary N) is 2. The summed E-state index contributed by atoms with van der Waals surface area (Å²) >= 11 is 0. The Morgan fingerprint density at radius 3 is 2.89 bits per heavy atom. The first-order chi connectivity index (χ1) is 13.1. The maximum atomic E-state index is 12.2. The van der Waals surface area contributed by atoms with E-state index in [1.165, 1.54) is 5.56 Å². The van der Waals surface area contributed by atoms with Crippen LogP contribution in [0.4, 0.5) is 5.69 Å². The Balaban J connectivity index is 1.57. The van der Waals surface area contributed by atoms with Crippen molar-refractivity contribution < 1.29 is 4.79 Å². The van der Waals surface area contributed by atoms with Crippen molar-refractivity contribution >= 4 is 22.5 Å². The highest BCUT2D eigenvalue weighted by Crippen LogP contribution is 2.30. The van der Waals surface area contributed by atoms with E-state index >= 15 is 0 Å². The molecular formula is C22H26N4O. The third-order valence-electron chi connectivity index (χ3n) is 5.59. The average molecular weight is 362 g/mol. The zero-order chi connectivity index (χ0) is 18.8. The van der Waals surface area contributed by atoms with Crippen LogP contribution in [0.3, 0.4) is 0 Å². The second kappa shape index (κ2) is 7.53.